The molecule has 1 unspecified atom stereocenters. The molecule has 1 aliphatic heterocycles. The first-order valence-electron chi connectivity index (χ1n) is 6.60. The van der Waals surface area contributed by atoms with E-state index in [1.54, 1.807) is 0 Å². The molecule has 1 saturated heterocycles. The number of nitrogens with zero attached hydrogens (tertiary/aromatic N) is 4. The maximum Gasteiger partial charge on any atom is 0.323 e. The summed E-state index contributed by atoms with van der Waals surface area (Å²) in [6.45, 7) is 9.53. The monoisotopic (exact) mass is 251 g/mol. The Hall–Kier alpha value is -1.59. The van der Waals surface area contributed by atoms with Gasteiger partial charge < -0.3 is 15.0 Å². The van der Waals surface area contributed by atoms with E-state index in [1.165, 1.54) is 6.42 Å². The average molecular weight is 251 g/mol. The fourth-order valence-electron chi connectivity index (χ4n) is 2.03. The molecule has 0 spiro atoms. The second-order valence-electron chi connectivity index (χ2n) is 4.54. The minimum Gasteiger partial charge on any atom is -0.464 e. The van der Waals surface area contributed by atoms with Gasteiger partial charge >= 0.3 is 6.01 Å². The van der Waals surface area contributed by atoms with Crippen LogP contribution >= 0.6 is 0 Å². The molecule has 1 aromatic rings. The Morgan fingerprint density at radius 2 is 2.17 bits per heavy atom. The van der Waals surface area contributed by atoms with Crippen LogP contribution < -0.4 is 15.0 Å². The van der Waals surface area contributed by atoms with Crippen molar-refractivity contribution in [3.8, 4) is 6.01 Å². The Morgan fingerprint density at radius 1 is 1.33 bits per heavy atom. The summed E-state index contributed by atoms with van der Waals surface area (Å²) in [5.74, 6) is 2.00. The minimum absolute atomic E-state index is 0.401. The van der Waals surface area contributed by atoms with Crippen LogP contribution in [0.25, 0.3) is 0 Å². The van der Waals surface area contributed by atoms with Crippen molar-refractivity contribution in [1.82, 2.24) is 15.0 Å². The Balaban J connectivity index is 2.21. The highest BCUT2D eigenvalue weighted by molar-refractivity contribution is 5.39. The van der Waals surface area contributed by atoms with Crippen molar-refractivity contribution in [3.63, 3.8) is 0 Å². The van der Waals surface area contributed by atoms with Crippen molar-refractivity contribution < 1.29 is 4.74 Å². The number of hydrogen-bond acceptors (Lipinski definition) is 6. The molecule has 1 fully saturated rings. The number of anilines is 2. The zero-order valence-electron chi connectivity index (χ0n) is 11.3. The van der Waals surface area contributed by atoms with E-state index in [2.05, 4.69) is 32.1 Å². The number of ether oxygens (including phenoxy) is 1. The van der Waals surface area contributed by atoms with Gasteiger partial charge in [0.1, 0.15) is 0 Å². The van der Waals surface area contributed by atoms with E-state index in [4.69, 9.17) is 4.74 Å². The van der Waals surface area contributed by atoms with E-state index in [1.807, 2.05) is 13.8 Å². The second-order valence-corrected chi connectivity index (χ2v) is 4.54. The first-order valence-corrected chi connectivity index (χ1v) is 6.60. The van der Waals surface area contributed by atoms with Crippen molar-refractivity contribution in [2.45, 2.75) is 27.2 Å². The molecule has 1 aliphatic rings. The molecule has 1 atom stereocenters. The first-order chi connectivity index (χ1) is 8.72. The van der Waals surface area contributed by atoms with Gasteiger partial charge in [0.05, 0.1) is 6.61 Å². The van der Waals surface area contributed by atoms with Gasteiger partial charge in [-0.25, -0.2) is 0 Å². The van der Waals surface area contributed by atoms with Crippen molar-refractivity contribution >= 4 is 11.9 Å². The lowest BCUT2D eigenvalue weighted by Crippen LogP contribution is -2.23. The van der Waals surface area contributed by atoms with Crippen molar-refractivity contribution in [2.75, 3.05) is 36.5 Å². The average Bonchev–Trinajstić information content (AvgIpc) is 2.76. The van der Waals surface area contributed by atoms with E-state index >= 15 is 0 Å². The van der Waals surface area contributed by atoms with Gasteiger partial charge in [0, 0.05) is 19.6 Å². The molecule has 0 amide bonds. The molecule has 6 heteroatoms. The fraction of sp³-hybridized carbons (Fsp3) is 0.750. The van der Waals surface area contributed by atoms with Gasteiger partial charge in [0.2, 0.25) is 11.9 Å². The van der Waals surface area contributed by atoms with Crippen molar-refractivity contribution in [1.29, 1.82) is 0 Å². The molecule has 1 aromatic heterocycles. The number of rotatable bonds is 5. The first kappa shape index (κ1) is 12.9. The summed E-state index contributed by atoms with van der Waals surface area (Å²) in [5, 5.41) is 3.11. The summed E-state index contributed by atoms with van der Waals surface area (Å²) in [6.07, 6.45) is 1.19. The highest BCUT2D eigenvalue weighted by Gasteiger charge is 2.22. The van der Waals surface area contributed by atoms with Gasteiger partial charge in [-0.2, -0.15) is 15.0 Å². The molecular formula is C12H21N5O. The number of nitrogens with one attached hydrogen (secondary N) is 1. The van der Waals surface area contributed by atoms with Crippen LogP contribution in [0.3, 0.4) is 0 Å². The number of aromatic nitrogens is 3. The van der Waals surface area contributed by atoms with Crippen LogP contribution in [0.2, 0.25) is 0 Å². The Morgan fingerprint density at radius 3 is 2.78 bits per heavy atom. The van der Waals surface area contributed by atoms with Crippen LogP contribution in [0.4, 0.5) is 11.9 Å². The van der Waals surface area contributed by atoms with Crippen LogP contribution in [0, 0.1) is 5.92 Å². The third-order valence-corrected chi connectivity index (χ3v) is 2.92. The highest BCUT2D eigenvalue weighted by atomic mass is 16.5. The Kier molecular flexibility index (Phi) is 4.17. The summed E-state index contributed by atoms with van der Waals surface area (Å²) in [4.78, 5) is 15.2. The van der Waals surface area contributed by atoms with Gasteiger partial charge in [-0.15, -0.1) is 0 Å². The Bertz CT molecular complexity index is 374. The Labute approximate surface area is 108 Å². The lowest BCUT2D eigenvalue weighted by Gasteiger charge is -2.17. The molecule has 2 rings (SSSR count). The van der Waals surface area contributed by atoms with Gasteiger partial charge in [-0.1, -0.05) is 6.92 Å². The molecule has 2 heterocycles. The lowest BCUT2D eigenvalue weighted by molar-refractivity contribution is 0.312. The molecule has 1 N–H and O–H groups in total. The third-order valence-electron chi connectivity index (χ3n) is 2.92. The maximum absolute atomic E-state index is 5.39. The number of hydrogen-bond donors (Lipinski definition) is 1. The second kappa shape index (κ2) is 5.84. The summed E-state index contributed by atoms with van der Waals surface area (Å²) < 4.78 is 5.39. The van der Waals surface area contributed by atoms with E-state index in [9.17, 15) is 0 Å². The van der Waals surface area contributed by atoms with E-state index in [-0.39, 0.29) is 0 Å². The van der Waals surface area contributed by atoms with Crippen molar-refractivity contribution in [3.05, 3.63) is 0 Å². The van der Waals surface area contributed by atoms with E-state index in [0.717, 1.165) is 19.6 Å². The molecule has 0 aromatic carbocycles. The summed E-state index contributed by atoms with van der Waals surface area (Å²) >= 11 is 0. The zero-order valence-corrected chi connectivity index (χ0v) is 11.3. The molecule has 0 saturated carbocycles. The molecule has 18 heavy (non-hydrogen) atoms. The van der Waals surface area contributed by atoms with Crippen LogP contribution in [0.15, 0.2) is 0 Å². The largest absolute Gasteiger partial charge is 0.464 e. The summed E-state index contributed by atoms with van der Waals surface area (Å²) in [5.41, 5.74) is 0. The summed E-state index contributed by atoms with van der Waals surface area (Å²) in [6, 6.07) is 0.401. The molecule has 0 radical (unpaired) electrons. The van der Waals surface area contributed by atoms with Gasteiger partial charge in [-0.05, 0) is 26.2 Å². The zero-order chi connectivity index (χ0) is 13.0. The van der Waals surface area contributed by atoms with Crippen molar-refractivity contribution in [2.24, 2.45) is 5.92 Å². The summed E-state index contributed by atoms with van der Waals surface area (Å²) in [7, 11) is 0. The highest BCUT2D eigenvalue weighted by Crippen LogP contribution is 2.22. The van der Waals surface area contributed by atoms with Crippen LogP contribution in [0.1, 0.15) is 27.2 Å². The standard InChI is InChI=1S/C12H21N5O/c1-4-13-10-14-11(16-12(15-10)18-5-2)17-7-6-9(3)8-17/h9H,4-8H2,1-3H3,(H,13,14,15,16). The molecule has 100 valence electrons. The molecule has 0 aliphatic carbocycles. The van der Waals surface area contributed by atoms with Crippen LogP contribution in [-0.2, 0) is 0 Å². The van der Waals surface area contributed by atoms with Crippen LogP contribution in [0.5, 0.6) is 6.01 Å². The van der Waals surface area contributed by atoms with Gasteiger partial charge in [0.15, 0.2) is 0 Å². The quantitative estimate of drug-likeness (QED) is 0.856. The molecule has 0 bridgehead atoms. The van der Waals surface area contributed by atoms with Gasteiger partial charge in [-0.3, -0.25) is 0 Å². The lowest BCUT2D eigenvalue weighted by atomic mass is 10.2. The minimum atomic E-state index is 0.401. The normalized spacial score (nSPS) is 19.1. The molecule has 6 nitrogen and oxygen atoms in total. The fourth-order valence-corrected chi connectivity index (χ4v) is 2.03. The third kappa shape index (κ3) is 3.00. The predicted octanol–water partition coefficient (Wildman–Crippen LogP) is 1.55. The van der Waals surface area contributed by atoms with Crippen LogP contribution in [-0.4, -0.2) is 41.2 Å². The van der Waals surface area contributed by atoms with E-state index < -0.39 is 0 Å². The predicted molar refractivity (Wildman–Crippen MR) is 71.2 cm³/mol. The maximum atomic E-state index is 5.39. The molecular weight excluding hydrogens is 230 g/mol. The van der Waals surface area contributed by atoms with E-state index in [0.29, 0.717) is 30.4 Å². The SMILES string of the molecule is CCNc1nc(OCC)nc(N2CCC(C)C2)n1. The van der Waals surface area contributed by atoms with Gasteiger partial charge in [0.25, 0.3) is 0 Å². The topological polar surface area (TPSA) is 63.2 Å². The smallest absolute Gasteiger partial charge is 0.323 e.